The van der Waals surface area contributed by atoms with Crippen LogP contribution in [0.2, 0.25) is 32.6 Å². The maximum Gasteiger partial charge on any atom is 0.174 e. The maximum absolute atomic E-state index is 4.01. The van der Waals surface area contributed by atoms with Crippen molar-refractivity contribution in [1.29, 1.82) is 0 Å². The van der Waals surface area contributed by atoms with Crippen LogP contribution in [0.3, 0.4) is 0 Å². The van der Waals surface area contributed by atoms with Gasteiger partial charge in [0, 0.05) is 6.20 Å². The Morgan fingerprint density at radius 3 is 1.37 bits per heavy atom. The van der Waals surface area contributed by atoms with Gasteiger partial charge >= 0.3 is 0 Å². The molecule has 2 aromatic heterocycles. The summed E-state index contributed by atoms with van der Waals surface area (Å²) < 4.78 is 7.00. The van der Waals surface area contributed by atoms with Gasteiger partial charge in [-0.3, -0.25) is 0 Å². The van der Waals surface area contributed by atoms with E-state index < -0.39 is 0 Å². The van der Waals surface area contributed by atoms with Crippen LogP contribution in [0.4, 0.5) is 0 Å². The van der Waals surface area contributed by atoms with Crippen molar-refractivity contribution in [1.82, 2.24) is 23.7 Å². The number of aromatic nitrogens is 4. The largest absolute Gasteiger partial charge is 0.517 e. The molecular weight excluding hydrogens is 525 g/mol. The summed E-state index contributed by atoms with van der Waals surface area (Å²) in [6, 6.07) is 0. The van der Waals surface area contributed by atoms with E-state index in [4.69, 9.17) is 0 Å². The lowest BCUT2D eigenvalue weighted by Gasteiger charge is -2.17. The van der Waals surface area contributed by atoms with Gasteiger partial charge in [-0.05, 0) is 48.5 Å². The SMILES string of the molecule is C.C.CCC.CCCC.CCCC.CCC[BH-](C)n1ccnc1.CC[BH2-][n+]1ccn([BH-](C)CC)c1.CN(C)C.CN(C)C. The standard InChI is InChI=1S/C8H19B2N2.C7H14BN2.2C4H10.2C3H9N.C3H8.2CH4/c1-4-9-11-6-7-12(8-11)10(3)5-2;1-3-4-8(2)10-6-5-9-7-10;2*1-3-4-2;2*1-4(2)3;1-3-2;;/h6-8,10H,4-5,9H2,1-3H3;5-8H,3-4H2,1-2H3;2*3-4H2,1-2H3;2*1-3H3;3H2,1-2H3;2*1H4/q2*-1;;;;;;;. The maximum atomic E-state index is 4.01. The fourth-order valence-corrected chi connectivity index (χ4v) is 2.93. The molecule has 0 aromatic carbocycles. The summed E-state index contributed by atoms with van der Waals surface area (Å²) in [5.74, 6) is 0. The first-order chi connectivity index (χ1) is 19.3. The molecule has 0 aliphatic rings. The summed E-state index contributed by atoms with van der Waals surface area (Å²) in [6.07, 6.45) is 24.3. The molecule has 43 heavy (non-hydrogen) atoms. The van der Waals surface area contributed by atoms with Gasteiger partial charge in [-0.2, -0.15) is 20.0 Å². The molecule has 0 N–H and O–H groups in total. The number of hydrogen-bond donors (Lipinski definition) is 0. The Labute approximate surface area is 276 Å². The van der Waals surface area contributed by atoms with Crippen molar-refractivity contribution in [2.24, 2.45) is 0 Å². The van der Waals surface area contributed by atoms with E-state index in [1.54, 1.807) is 0 Å². The summed E-state index contributed by atoms with van der Waals surface area (Å²) in [5.41, 5.74) is 0. The lowest BCUT2D eigenvalue weighted by atomic mass is 9.61. The quantitative estimate of drug-likeness (QED) is 0.266. The second-order valence-electron chi connectivity index (χ2n) is 12.5. The lowest BCUT2D eigenvalue weighted by molar-refractivity contribution is -0.528. The van der Waals surface area contributed by atoms with Crippen molar-refractivity contribution in [3.05, 3.63) is 37.4 Å². The lowest BCUT2D eigenvalue weighted by Crippen LogP contribution is -2.37. The Morgan fingerprint density at radius 2 is 1.09 bits per heavy atom. The van der Waals surface area contributed by atoms with Gasteiger partial charge in [-0.1, -0.05) is 116 Å². The molecule has 0 spiro atoms. The zero-order valence-electron chi connectivity index (χ0n) is 31.9. The van der Waals surface area contributed by atoms with Crippen molar-refractivity contribution in [3.63, 3.8) is 0 Å². The average molecular weight is 613 g/mol. The zero-order chi connectivity index (χ0) is 33.1. The van der Waals surface area contributed by atoms with Gasteiger partial charge in [-0.15, -0.1) is 12.6 Å². The first-order valence-electron chi connectivity index (χ1n) is 17.5. The molecule has 6 nitrogen and oxygen atoms in total. The summed E-state index contributed by atoms with van der Waals surface area (Å²) >= 11 is 0. The zero-order valence-corrected chi connectivity index (χ0v) is 31.9. The summed E-state index contributed by atoms with van der Waals surface area (Å²) in [7, 11) is 12.1. The first-order valence-corrected chi connectivity index (χ1v) is 17.5. The molecule has 2 aromatic rings. The predicted molar refractivity (Wildman–Crippen MR) is 213 cm³/mol. The van der Waals surface area contributed by atoms with Crippen LogP contribution < -0.4 is 4.48 Å². The molecule has 2 heterocycles. The Kier molecular flexibility index (Phi) is 63.2. The Morgan fingerprint density at radius 1 is 0.674 bits per heavy atom. The van der Waals surface area contributed by atoms with Gasteiger partial charge in [0.1, 0.15) is 6.33 Å². The van der Waals surface area contributed by atoms with Crippen LogP contribution in [-0.4, -0.2) is 87.1 Å². The van der Waals surface area contributed by atoms with E-state index >= 15 is 0 Å². The van der Waals surface area contributed by atoms with Crippen LogP contribution in [-0.2, 0) is 0 Å². The molecule has 9 heteroatoms. The minimum atomic E-state index is -0.153. The predicted octanol–water partition coefficient (Wildman–Crippen LogP) is 8.52. The van der Waals surface area contributed by atoms with Crippen LogP contribution in [0, 0.1) is 0 Å². The van der Waals surface area contributed by atoms with Gasteiger partial charge in [0.2, 0.25) is 0 Å². The third-order valence-electron chi connectivity index (χ3n) is 5.90. The smallest absolute Gasteiger partial charge is 0.174 e. The molecule has 0 saturated carbocycles. The molecular formula is C34H87B3N6-2. The molecule has 0 radical (unpaired) electrons. The third kappa shape index (κ3) is 56.9. The minimum Gasteiger partial charge on any atom is -0.517 e. The Balaban J connectivity index is -0.0000000754. The van der Waals surface area contributed by atoms with Gasteiger partial charge in [0.15, 0.2) is 14.3 Å². The molecule has 264 valence electrons. The molecule has 2 rings (SSSR count). The molecule has 0 aliphatic heterocycles. The number of rotatable bonds is 9. The van der Waals surface area contributed by atoms with Crippen LogP contribution >= 0.6 is 0 Å². The fraction of sp³-hybridized carbons (Fsp3) is 0.824. The van der Waals surface area contributed by atoms with E-state index in [2.05, 4.69) is 119 Å². The summed E-state index contributed by atoms with van der Waals surface area (Å²) in [6.45, 7) is 24.1. The highest BCUT2D eigenvalue weighted by atomic mass is 15.0. The molecule has 2 atom stereocenters. The van der Waals surface area contributed by atoms with Crippen molar-refractivity contribution in [3.8, 4) is 0 Å². The minimum absolute atomic E-state index is 0. The summed E-state index contributed by atoms with van der Waals surface area (Å²) in [5, 5.41) is 0. The molecule has 0 aliphatic carbocycles. The van der Waals surface area contributed by atoms with Gasteiger partial charge in [0.05, 0.1) is 25.6 Å². The average Bonchev–Trinajstić information content (AvgIpc) is 3.62. The van der Waals surface area contributed by atoms with E-state index in [-0.39, 0.29) is 36.0 Å². The van der Waals surface area contributed by atoms with Gasteiger partial charge in [0.25, 0.3) is 0 Å². The van der Waals surface area contributed by atoms with E-state index in [0.717, 1.165) is 0 Å². The summed E-state index contributed by atoms with van der Waals surface area (Å²) in [4.78, 5) is 8.01. The van der Waals surface area contributed by atoms with E-state index in [1.165, 1.54) is 57.5 Å². The highest BCUT2D eigenvalue weighted by Gasteiger charge is 2.01. The highest BCUT2D eigenvalue weighted by Crippen LogP contribution is 1.99. The second kappa shape index (κ2) is 47.5. The van der Waals surface area contributed by atoms with E-state index in [0.29, 0.717) is 0 Å². The van der Waals surface area contributed by atoms with Crippen LogP contribution in [0.15, 0.2) is 37.4 Å². The number of nitrogens with zero attached hydrogens (tertiary/aromatic N) is 6. The molecule has 2 unspecified atom stereocenters. The van der Waals surface area contributed by atoms with Gasteiger partial charge < -0.3 is 23.2 Å². The van der Waals surface area contributed by atoms with Gasteiger partial charge in [-0.25, -0.2) is 4.98 Å². The van der Waals surface area contributed by atoms with Crippen LogP contribution in [0.5, 0.6) is 0 Å². The number of unbranched alkanes of at least 4 members (excludes halogenated alkanes) is 2. The number of hydrogen-bond acceptors (Lipinski definition) is 3. The van der Waals surface area contributed by atoms with Crippen molar-refractivity contribution >= 4 is 21.1 Å². The molecule has 0 saturated heterocycles. The first kappa shape index (κ1) is 57.2. The Hall–Kier alpha value is -1.47. The number of imidazole rings is 2. The van der Waals surface area contributed by atoms with Crippen LogP contribution in [0.1, 0.15) is 116 Å². The van der Waals surface area contributed by atoms with Crippen molar-refractivity contribution in [2.75, 3.05) is 42.3 Å². The highest BCUT2D eigenvalue weighted by molar-refractivity contribution is 6.55. The fourth-order valence-electron chi connectivity index (χ4n) is 2.93. The monoisotopic (exact) mass is 613 g/mol. The van der Waals surface area contributed by atoms with Crippen molar-refractivity contribution in [2.45, 2.75) is 148 Å². The second-order valence-corrected chi connectivity index (χ2v) is 12.5. The molecule has 0 fully saturated rings. The topological polar surface area (TPSA) is 33.1 Å². The van der Waals surface area contributed by atoms with Crippen LogP contribution in [0.25, 0.3) is 0 Å². The molecule has 0 bridgehead atoms. The van der Waals surface area contributed by atoms with E-state index in [1.807, 2.05) is 64.6 Å². The Bertz CT molecular complexity index is 645. The normalized spacial score (nSPS) is 10.3. The van der Waals surface area contributed by atoms with Crippen molar-refractivity contribution < 1.29 is 4.48 Å². The molecule has 0 amide bonds. The van der Waals surface area contributed by atoms with E-state index in [9.17, 15) is 0 Å². The third-order valence-corrected chi connectivity index (χ3v) is 5.90.